The van der Waals surface area contributed by atoms with Gasteiger partial charge in [0.15, 0.2) is 5.69 Å². The lowest BCUT2D eigenvalue weighted by atomic mass is 10.1. The number of aromatic nitrogens is 1. The Bertz CT molecular complexity index is 720. The van der Waals surface area contributed by atoms with Crippen LogP contribution in [0.25, 0.3) is 0 Å². The average molecular weight is 336 g/mol. The largest absolute Gasteiger partial charge is 0.491 e. The topological polar surface area (TPSA) is 51.2 Å². The zero-order chi connectivity index (χ0) is 17.2. The summed E-state index contributed by atoms with van der Waals surface area (Å²) in [6, 6.07) is 9.58. The van der Waals surface area contributed by atoms with Crippen LogP contribution in [-0.2, 0) is 12.6 Å². The normalized spacial score (nSPS) is 17.4. The van der Waals surface area contributed by atoms with Crippen LogP contribution >= 0.6 is 0 Å². The van der Waals surface area contributed by atoms with Crippen molar-refractivity contribution in [3.8, 4) is 5.75 Å². The Labute approximate surface area is 136 Å². The van der Waals surface area contributed by atoms with E-state index in [1.54, 1.807) is 0 Å². The Morgan fingerprint density at radius 1 is 1.21 bits per heavy atom. The molecule has 1 amide bonds. The first-order valence-corrected chi connectivity index (χ1v) is 7.49. The van der Waals surface area contributed by atoms with Gasteiger partial charge >= 0.3 is 6.18 Å². The molecular formula is C17H15F3N2O2. The van der Waals surface area contributed by atoms with Gasteiger partial charge in [0, 0.05) is 6.20 Å². The molecule has 0 fully saturated rings. The van der Waals surface area contributed by atoms with Crippen LogP contribution in [0, 0.1) is 0 Å². The number of rotatable bonds is 2. The molecule has 1 aromatic heterocycles. The molecule has 3 rings (SSSR count). The smallest absolute Gasteiger partial charge is 0.434 e. The van der Waals surface area contributed by atoms with Crippen LogP contribution in [0.15, 0.2) is 42.6 Å². The van der Waals surface area contributed by atoms with E-state index in [0.717, 1.165) is 23.6 Å². The van der Waals surface area contributed by atoms with Gasteiger partial charge in [-0.05, 0) is 36.6 Å². The predicted octanol–water partition coefficient (Wildman–Crippen LogP) is 3.22. The summed E-state index contributed by atoms with van der Waals surface area (Å²) < 4.78 is 44.5. The molecular weight excluding hydrogens is 321 g/mol. The first kappa shape index (κ1) is 16.3. The summed E-state index contributed by atoms with van der Waals surface area (Å²) in [6.07, 6.45) is -2.39. The average Bonchev–Trinajstić information content (AvgIpc) is 2.77. The minimum absolute atomic E-state index is 0.213. The van der Waals surface area contributed by atoms with Crippen molar-refractivity contribution in [2.24, 2.45) is 0 Å². The first-order valence-electron chi connectivity index (χ1n) is 7.49. The number of hydrogen-bond acceptors (Lipinski definition) is 3. The molecule has 2 aromatic rings. The Balaban J connectivity index is 1.73. The highest BCUT2D eigenvalue weighted by atomic mass is 19.4. The highest BCUT2D eigenvalue weighted by molar-refractivity contribution is 5.95. The predicted molar refractivity (Wildman–Crippen MR) is 80.8 cm³/mol. The van der Waals surface area contributed by atoms with Gasteiger partial charge in [0.05, 0.1) is 11.6 Å². The van der Waals surface area contributed by atoms with Gasteiger partial charge in [-0.1, -0.05) is 18.2 Å². The number of para-hydroxylation sites is 1. The van der Waals surface area contributed by atoms with Crippen molar-refractivity contribution in [2.75, 3.05) is 6.61 Å². The van der Waals surface area contributed by atoms with Crippen molar-refractivity contribution < 1.29 is 22.7 Å². The molecule has 0 saturated heterocycles. The van der Waals surface area contributed by atoms with Crippen LogP contribution in [0.4, 0.5) is 13.2 Å². The summed E-state index contributed by atoms with van der Waals surface area (Å²) in [7, 11) is 0. The van der Waals surface area contributed by atoms with Gasteiger partial charge in [0.2, 0.25) is 0 Å². The number of hydrogen-bond donors (Lipinski definition) is 1. The van der Waals surface area contributed by atoms with E-state index in [4.69, 9.17) is 4.74 Å². The molecule has 24 heavy (non-hydrogen) atoms. The lowest BCUT2D eigenvalue weighted by Gasteiger charge is -2.17. The zero-order valence-corrected chi connectivity index (χ0v) is 12.6. The summed E-state index contributed by atoms with van der Waals surface area (Å²) in [4.78, 5) is 15.6. The van der Waals surface area contributed by atoms with Crippen molar-refractivity contribution in [1.29, 1.82) is 0 Å². The molecule has 1 aromatic carbocycles. The third-order valence-electron chi connectivity index (χ3n) is 3.83. The van der Waals surface area contributed by atoms with Gasteiger partial charge in [0.1, 0.15) is 12.4 Å². The Morgan fingerprint density at radius 3 is 2.79 bits per heavy atom. The molecule has 7 heteroatoms. The number of nitrogens with zero attached hydrogens (tertiary/aromatic N) is 1. The molecule has 1 aliphatic heterocycles. The van der Waals surface area contributed by atoms with Gasteiger partial charge in [-0.2, -0.15) is 13.2 Å². The number of nitrogens with one attached hydrogen (secondary N) is 1. The van der Waals surface area contributed by atoms with Gasteiger partial charge < -0.3 is 10.1 Å². The molecule has 0 bridgehead atoms. The number of fused-ring (bicyclic) bond motifs is 1. The molecule has 0 radical (unpaired) electrons. The van der Waals surface area contributed by atoms with E-state index in [1.807, 2.05) is 24.3 Å². The monoisotopic (exact) mass is 336 g/mol. The number of alkyl halides is 3. The maximum atomic E-state index is 13.0. The van der Waals surface area contributed by atoms with Crippen molar-refractivity contribution in [3.63, 3.8) is 0 Å². The maximum absolute atomic E-state index is 13.0. The molecule has 0 spiro atoms. The second-order valence-corrected chi connectivity index (χ2v) is 5.53. The van der Waals surface area contributed by atoms with Crippen molar-refractivity contribution in [2.45, 2.75) is 25.1 Å². The number of aryl methyl sites for hydroxylation is 1. The molecule has 2 heterocycles. The van der Waals surface area contributed by atoms with E-state index >= 15 is 0 Å². The molecule has 126 valence electrons. The Morgan fingerprint density at radius 2 is 2.00 bits per heavy atom. The van der Waals surface area contributed by atoms with E-state index < -0.39 is 23.3 Å². The Hall–Kier alpha value is -2.57. The fourth-order valence-corrected chi connectivity index (χ4v) is 2.65. The molecule has 1 unspecified atom stereocenters. The van der Waals surface area contributed by atoms with E-state index in [9.17, 15) is 18.0 Å². The third kappa shape index (κ3) is 3.50. The number of halogens is 3. The van der Waals surface area contributed by atoms with Crippen molar-refractivity contribution in [3.05, 3.63) is 59.4 Å². The molecule has 0 saturated carbocycles. The molecule has 4 nitrogen and oxygen atoms in total. The van der Waals surface area contributed by atoms with E-state index in [1.165, 1.54) is 6.07 Å². The van der Waals surface area contributed by atoms with Crippen LogP contribution in [0.3, 0.4) is 0 Å². The van der Waals surface area contributed by atoms with Gasteiger partial charge in [-0.15, -0.1) is 0 Å². The van der Waals surface area contributed by atoms with Crippen molar-refractivity contribution >= 4 is 5.91 Å². The van der Waals surface area contributed by atoms with Crippen LogP contribution < -0.4 is 10.1 Å². The highest BCUT2D eigenvalue weighted by Gasteiger charge is 2.37. The van der Waals surface area contributed by atoms with Gasteiger partial charge in [0.25, 0.3) is 5.91 Å². The summed E-state index contributed by atoms with van der Waals surface area (Å²) in [5, 5.41) is 2.62. The second-order valence-electron chi connectivity index (χ2n) is 5.53. The minimum Gasteiger partial charge on any atom is -0.491 e. The molecule has 1 aliphatic rings. The molecule has 1 N–H and O–H groups in total. The number of pyridine rings is 1. The summed E-state index contributed by atoms with van der Waals surface area (Å²) >= 11 is 0. The maximum Gasteiger partial charge on any atom is 0.434 e. The van der Waals surface area contributed by atoms with Gasteiger partial charge in [-0.25, -0.2) is 0 Å². The van der Waals surface area contributed by atoms with Crippen molar-refractivity contribution in [1.82, 2.24) is 10.3 Å². The molecule has 1 atom stereocenters. The Kier molecular flexibility index (Phi) is 4.42. The zero-order valence-electron chi connectivity index (χ0n) is 12.6. The highest BCUT2D eigenvalue weighted by Crippen LogP contribution is 2.30. The van der Waals surface area contributed by atoms with E-state index in [0.29, 0.717) is 12.8 Å². The molecule has 0 aliphatic carbocycles. The second kappa shape index (κ2) is 6.51. The standard InChI is InChI=1S/C17H15F3N2O2/c18-17(19,20)15-13(5-3-9-21-15)16(23)22-12-8-7-11-4-1-2-6-14(11)24-10-12/h1-6,9,12H,7-8,10H2,(H,22,23). The quantitative estimate of drug-likeness (QED) is 0.916. The third-order valence-corrected chi connectivity index (χ3v) is 3.83. The number of carbonyl (C=O) groups is 1. The number of ether oxygens (including phenoxy) is 1. The summed E-state index contributed by atoms with van der Waals surface area (Å²) in [6.45, 7) is 0.213. The number of benzene rings is 1. The lowest BCUT2D eigenvalue weighted by molar-refractivity contribution is -0.141. The first-order chi connectivity index (χ1) is 11.4. The van der Waals surface area contributed by atoms with Crippen LogP contribution in [-0.4, -0.2) is 23.5 Å². The van der Waals surface area contributed by atoms with Crippen LogP contribution in [0.2, 0.25) is 0 Å². The SMILES string of the molecule is O=C(NC1CCc2ccccc2OC1)c1cccnc1C(F)(F)F. The van der Waals surface area contributed by atoms with E-state index in [2.05, 4.69) is 10.3 Å². The minimum atomic E-state index is -4.68. The lowest BCUT2D eigenvalue weighted by Crippen LogP contribution is -2.39. The fourth-order valence-electron chi connectivity index (χ4n) is 2.65. The summed E-state index contributed by atoms with van der Waals surface area (Å²) in [5.74, 6) is -0.0541. The number of amides is 1. The van der Waals surface area contributed by atoms with E-state index in [-0.39, 0.29) is 12.6 Å². The van der Waals surface area contributed by atoms with Gasteiger partial charge in [-0.3, -0.25) is 9.78 Å². The summed E-state index contributed by atoms with van der Waals surface area (Å²) in [5.41, 5.74) is -0.640. The van der Waals surface area contributed by atoms with Crippen LogP contribution in [0.1, 0.15) is 28.0 Å². The number of carbonyl (C=O) groups excluding carboxylic acids is 1. The fraction of sp³-hybridized carbons (Fsp3) is 0.294. The van der Waals surface area contributed by atoms with Crippen LogP contribution in [0.5, 0.6) is 5.75 Å².